The van der Waals surface area contributed by atoms with Gasteiger partial charge in [0.15, 0.2) is 0 Å². The van der Waals surface area contributed by atoms with Crippen molar-refractivity contribution in [1.82, 2.24) is 0 Å². The Bertz CT molecular complexity index is 118. The van der Waals surface area contributed by atoms with Crippen molar-refractivity contribution in [1.29, 1.82) is 0 Å². The molecule has 0 aromatic heterocycles. The molecule has 0 aliphatic rings. The highest BCUT2D eigenvalue weighted by Crippen LogP contribution is 2.16. The van der Waals surface area contributed by atoms with Gasteiger partial charge in [0.1, 0.15) is 0 Å². The van der Waals surface area contributed by atoms with E-state index in [1.54, 1.807) is 14.2 Å². The highest BCUT2D eigenvalue weighted by atomic mass is 32.1. The fourth-order valence-corrected chi connectivity index (χ4v) is 5.20. The van der Waals surface area contributed by atoms with E-state index >= 15 is 0 Å². The van der Waals surface area contributed by atoms with Gasteiger partial charge in [-0.2, -0.15) is 12.6 Å². The first kappa shape index (κ1) is 14.4. The third-order valence-corrected chi connectivity index (χ3v) is 6.17. The maximum absolute atomic E-state index is 5.87. The maximum atomic E-state index is 5.87. The van der Waals surface area contributed by atoms with Crippen LogP contribution in [0.2, 0.25) is 6.04 Å². The SMILES string of the molecule is CCO[Si](CCCS)(COC)COC. The molecule has 0 atom stereocenters. The van der Waals surface area contributed by atoms with Crippen molar-refractivity contribution in [2.45, 2.75) is 19.4 Å². The zero-order valence-electron chi connectivity index (χ0n) is 9.41. The van der Waals surface area contributed by atoms with E-state index in [1.807, 2.05) is 6.92 Å². The van der Waals surface area contributed by atoms with Crippen LogP contribution in [-0.2, 0) is 13.9 Å². The Morgan fingerprint density at radius 1 is 1.14 bits per heavy atom. The van der Waals surface area contributed by atoms with E-state index in [-0.39, 0.29) is 0 Å². The van der Waals surface area contributed by atoms with E-state index in [4.69, 9.17) is 13.9 Å². The van der Waals surface area contributed by atoms with Gasteiger partial charge in [0, 0.05) is 20.8 Å². The molecule has 5 heteroatoms. The second-order valence-corrected chi connectivity index (χ2v) is 7.49. The van der Waals surface area contributed by atoms with Gasteiger partial charge in [0.05, 0.1) is 12.5 Å². The van der Waals surface area contributed by atoms with Gasteiger partial charge in [0.25, 0.3) is 0 Å². The second kappa shape index (κ2) is 8.73. The third kappa shape index (κ3) is 5.36. The number of methoxy groups -OCH3 is 2. The lowest BCUT2D eigenvalue weighted by Crippen LogP contribution is -2.48. The Morgan fingerprint density at radius 2 is 1.71 bits per heavy atom. The van der Waals surface area contributed by atoms with Gasteiger partial charge in [-0.3, -0.25) is 0 Å². The molecule has 0 radical (unpaired) electrons. The number of hydrogen-bond acceptors (Lipinski definition) is 4. The topological polar surface area (TPSA) is 27.7 Å². The molecule has 0 unspecified atom stereocenters. The Balaban J connectivity index is 4.21. The van der Waals surface area contributed by atoms with Crippen LogP contribution in [0, 0.1) is 0 Å². The molecule has 0 fully saturated rings. The molecule has 0 bridgehead atoms. The van der Waals surface area contributed by atoms with Gasteiger partial charge >= 0.3 is 0 Å². The van der Waals surface area contributed by atoms with Crippen molar-refractivity contribution in [3.8, 4) is 0 Å². The zero-order valence-corrected chi connectivity index (χ0v) is 11.3. The molecule has 0 aliphatic heterocycles. The Morgan fingerprint density at radius 3 is 2.07 bits per heavy atom. The lowest BCUT2D eigenvalue weighted by Gasteiger charge is -2.29. The number of ether oxygens (including phenoxy) is 2. The van der Waals surface area contributed by atoms with Crippen LogP contribution >= 0.6 is 12.6 Å². The molecule has 14 heavy (non-hydrogen) atoms. The Kier molecular flexibility index (Phi) is 9.01. The zero-order chi connectivity index (χ0) is 10.9. The van der Waals surface area contributed by atoms with E-state index in [2.05, 4.69) is 12.6 Å². The quantitative estimate of drug-likeness (QED) is 0.489. The predicted molar refractivity (Wildman–Crippen MR) is 64.4 cm³/mol. The summed E-state index contributed by atoms with van der Waals surface area (Å²) in [6.07, 6.45) is 2.49. The molecule has 86 valence electrons. The van der Waals surface area contributed by atoms with Crippen molar-refractivity contribution in [3.05, 3.63) is 0 Å². The molecule has 0 saturated carbocycles. The fourth-order valence-electron chi connectivity index (χ4n) is 1.58. The summed E-state index contributed by atoms with van der Waals surface area (Å²) in [6.45, 7) is 2.76. The number of hydrogen-bond donors (Lipinski definition) is 1. The molecule has 0 amide bonds. The molecule has 0 N–H and O–H groups in total. The van der Waals surface area contributed by atoms with Gasteiger partial charge in [-0.15, -0.1) is 0 Å². The molecule has 0 aromatic rings. The van der Waals surface area contributed by atoms with Gasteiger partial charge < -0.3 is 13.9 Å². The molecule has 0 saturated heterocycles. The van der Waals surface area contributed by atoms with E-state index < -0.39 is 8.32 Å². The molecule has 0 rings (SSSR count). The minimum Gasteiger partial charge on any atom is -0.412 e. The molecule has 3 nitrogen and oxygen atoms in total. The van der Waals surface area contributed by atoms with Crippen LogP contribution in [0.15, 0.2) is 0 Å². The van der Waals surface area contributed by atoms with Gasteiger partial charge in [0.2, 0.25) is 8.32 Å². The van der Waals surface area contributed by atoms with Crippen LogP contribution in [0.3, 0.4) is 0 Å². The van der Waals surface area contributed by atoms with Crippen molar-refractivity contribution in [2.75, 3.05) is 39.0 Å². The Labute approximate surface area is 93.7 Å². The average molecular weight is 238 g/mol. The summed E-state index contributed by atoms with van der Waals surface area (Å²) in [6, 6.07) is 1.06. The summed E-state index contributed by atoms with van der Waals surface area (Å²) in [4.78, 5) is 0. The molecular formula is C9H22O3SSi. The lowest BCUT2D eigenvalue weighted by atomic mass is 10.6. The molecule has 0 spiro atoms. The molecular weight excluding hydrogens is 216 g/mol. The van der Waals surface area contributed by atoms with Crippen LogP contribution in [0.4, 0.5) is 0 Å². The summed E-state index contributed by atoms with van der Waals surface area (Å²) >= 11 is 4.22. The van der Waals surface area contributed by atoms with Crippen LogP contribution in [0.1, 0.15) is 13.3 Å². The monoisotopic (exact) mass is 238 g/mol. The summed E-state index contributed by atoms with van der Waals surface area (Å²) in [5, 5.41) is 0. The van der Waals surface area contributed by atoms with E-state index in [1.165, 1.54) is 0 Å². The first-order valence-corrected chi connectivity index (χ1v) is 8.13. The van der Waals surface area contributed by atoms with Crippen molar-refractivity contribution < 1.29 is 13.9 Å². The molecule has 0 aromatic carbocycles. The summed E-state index contributed by atoms with van der Waals surface area (Å²) in [5.74, 6) is 0.898. The largest absolute Gasteiger partial charge is 0.412 e. The van der Waals surface area contributed by atoms with Crippen LogP contribution in [0.25, 0.3) is 0 Å². The van der Waals surface area contributed by atoms with Gasteiger partial charge in [-0.25, -0.2) is 0 Å². The van der Waals surface area contributed by atoms with Crippen LogP contribution in [0.5, 0.6) is 0 Å². The van der Waals surface area contributed by atoms with E-state index in [9.17, 15) is 0 Å². The van der Waals surface area contributed by atoms with Gasteiger partial charge in [-0.05, 0) is 25.1 Å². The minimum absolute atomic E-state index is 0.711. The molecule has 0 heterocycles. The number of thiol groups is 1. The normalized spacial score (nSPS) is 12.0. The molecule has 0 aliphatic carbocycles. The summed E-state index contributed by atoms with van der Waals surface area (Å²) < 4.78 is 16.4. The smallest absolute Gasteiger partial charge is 0.243 e. The summed E-state index contributed by atoms with van der Waals surface area (Å²) in [5.41, 5.74) is 0. The summed E-state index contributed by atoms with van der Waals surface area (Å²) in [7, 11) is 1.63. The predicted octanol–water partition coefficient (Wildman–Crippen LogP) is 1.66. The van der Waals surface area contributed by atoms with Gasteiger partial charge in [-0.1, -0.05) is 0 Å². The highest BCUT2D eigenvalue weighted by Gasteiger charge is 2.34. The third-order valence-electron chi connectivity index (χ3n) is 2.06. The highest BCUT2D eigenvalue weighted by molar-refractivity contribution is 7.80. The minimum atomic E-state index is -1.81. The first-order valence-electron chi connectivity index (χ1n) is 4.97. The fraction of sp³-hybridized carbons (Fsp3) is 1.00. The van der Waals surface area contributed by atoms with E-state index in [0.29, 0.717) is 12.5 Å². The average Bonchev–Trinajstić information content (AvgIpc) is 2.16. The van der Waals surface area contributed by atoms with Crippen LogP contribution in [-0.4, -0.2) is 47.4 Å². The van der Waals surface area contributed by atoms with Crippen molar-refractivity contribution >= 4 is 20.9 Å². The standard InChI is InChI=1S/C9H22O3SSi/c1-4-12-14(8-10-2,9-11-3)7-5-6-13/h13H,4-9H2,1-3H3. The first-order chi connectivity index (χ1) is 6.74. The maximum Gasteiger partial charge on any atom is 0.243 e. The van der Waals surface area contributed by atoms with Crippen molar-refractivity contribution in [2.24, 2.45) is 0 Å². The second-order valence-electron chi connectivity index (χ2n) is 3.31. The van der Waals surface area contributed by atoms with Crippen LogP contribution < -0.4 is 0 Å². The Hall–Kier alpha value is 0.447. The lowest BCUT2D eigenvalue weighted by molar-refractivity contribution is 0.169. The van der Waals surface area contributed by atoms with Crippen molar-refractivity contribution in [3.63, 3.8) is 0 Å². The number of rotatable bonds is 9. The van der Waals surface area contributed by atoms with E-state index in [0.717, 1.165) is 24.8 Å².